The Kier molecular flexibility index (Phi) is 6.41. The molecule has 1 N–H and O–H groups in total. The van der Waals surface area contributed by atoms with E-state index in [4.69, 9.17) is 4.52 Å². The van der Waals surface area contributed by atoms with E-state index in [2.05, 4.69) is 20.4 Å². The van der Waals surface area contributed by atoms with Crippen molar-refractivity contribution < 1.29 is 14.1 Å². The van der Waals surface area contributed by atoms with E-state index in [-0.39, 0.29) is 23.7 Å². The maximum atomic E-state index is 13.1. The van der Waals surface area contributed by atoms with E-state index in [1.54, 1.807) is 23.4 Å². The van der Waals surface area contributed by atoms with Crippen LogP contribution in [0.2, 0.25) is 0 Å². The van der Waals surface area contributed by atoms with Crippen LogP contribution in [-0.2, 0) is 4.79 Å². The first kappa shape index (κ1) is 21.2. The molecule has 2 unspecified atom stereocenters. The van der Waals surface area contributed by atoms with Crippen LogP contribution in [0.15, 0.2) is 46.6 Å². The number of hydrogen-bond donors (Lipinski definition) is 1. The second-order valence-corrected chi connectivity index (χ2v) is 8.94. The lowest BCUT2D eigenvalue weighted by Crippen LogP contribution is -2.46. The molecule has 0 bridgehead atoms. The number of thiophene rings is 1. The molecular weight excluding hydrogens is 414 g/mol. The lowest BCUT2D eigenvalue weighted by Gasteiger charge is -2.32. The van der Waals surface area contributed by atoms with Crippen molar-refractivity contribution in [2.24, 2.45) is 11.8 Å². The fourth-order valence-electron chi connectivity index (χ4n) is 3.69. The molecule has 4 rings (SSSR count). The number of aromatic nitrogens is 3. The summed E-state index contributed by atoms with van der Waals surface area (Å²) in [6, 6.07) is 6.93. The summed E-state index contributed by atoms with van der Waals surface area (Å²) in [5, 5.41) is 9.01. The van der Waals surface area contributed by atoms with Gasteiger partial charge >= 0.3 is 0 Å². The highest BCUT2D eigenvalue weighted by molar-refractivity contribution is 7.12. The maximum Gasteiger partial charge on any atom is 0.263 e. The molecule has 1 aliphatic rings. The van der Waals surface area contributed by atoms with Crippen LogP contribution >= 0.6 is 11.3 Å². The molecule has 8 nitrogen and oxygen atoms in total. The average Bonchev–Trinajstić information content (AvgIpc) is 3.50. The average molecular weight is 440 g/mol. The number of piperidine rings is 1. The highest BCUT2D eigenvalue weighted by Gasteiger charge is 2.32. The molecule has 4 heterocycles. The zero-order valence-corrected chi connectivity index (χ0v) is 18.3. The second kappa shape index (κ2) is 9.38. The van der Waals surface area contributed by atoms with Crippen molar-refractivity contribution in [2.45, 2.75) is 32.7 Å². The number of nitrogens with one attached hydrogen (secondary N) is 1. The fourth-order valence-corrected chi connectivity index (χ4v) is 4.38. The smallest absolute Gasteiger partial charge is 0.263 e. The van der Waals surface area contributed by atoms with E-state index < -0.39 is 6.04 Å². The summed E-state index contributed by atoms with van der Waals surface area (Å²) in [5.74, 6) is 0.491. The van der Waals surface area contributed by atoms with Gasteiger partial charge in [0.2, 0.25) is 17.6 Å². The molecule has 0 aromatic carbocycles. The Hall–Kier alpha value is -3.07. The Balaban J connectivity index is 1.44. The molecule has 1 aliphatic heterocycles. The summed E-state index contributed by atoms with van der Waals surface area (Å²) < 4.78 is 5.47. The molecule has 0 aliphatic carbocycles. The van der Waals surface area contributed by atoms with Crippen LogP contribution in [0.4, 0.5) is 0 Å². The van der Waals surface area contributed by atoms with E-state index in [1.807, 2.05) is 37.4 Å². The number of nitrogens with zero attached hydrogens (tertiary/aromatic N) is 4. The number of hydrogen-bond acceptors (Lipinski definition) is 7. The molecule has 31 heavy (non-hydrogen) atoms. The van der Waals surface area contributed by atoms with Gasteiger partial charge in [-0.3, -0.25) is 14.6 Å². The Morgan fingerprint density at radius 2 is 2.16 bits per heavy atom. The van der Waals surface area contributed by atoms with Gasteiger partial charge in [0.1, 0.15) is 6.04 Å². The van der Waals surface area contributed by atoms with Gasteiger partial charge < -0.3 is 14.7 Å². The lowest BCUT2D eigenvalue weighted by molar-refractivity contribution is -0.127. The minimum Gasteiger partial charge on any atom is -0.344 e. The number of amides is 2. The van der Waals surface area contributed by atoms with E-state index in [9.17, 15) is 9.59 Å². The van der Waals surface area contributed by atoms with Crippen LogP contribution in [0.5, 0.6) is 0 Å². The minimum absolute atomic E-state index is 0.00840. The van der Waals surface area contributed by atoms with E-state index in [0.717, 1.165) is 18.4 Å². The van der Waals surface area contributed by atoms with Crippen molar-refractivity contribution in [1.82, 2.24) is 25.3 Å². The van der Waals surface area contributed by atoms with Crippen molar-refractivity contribution in [3.63, 3.8) is 0 Å². The fraction of sp³-hybridized carbons (Fsp3) is 0.409. The summed E-state index contributed by atoms with van der Waals surface area (Å²) in [7, 11) is 0. The Labute approximate surface area is 184 Å². The largest absolute Gasteiger partial charge is 0.344 e. The van der Waals surface area contributed by atoms with Crippen molar-refractivity contribution >= 4 is 23.2 Å². The molecular formula is C22H25N5O3S. The summed E-state index contributed by atoms with van der Waals surface area (Å²) in [5.41, 5.74) is 0.751. The predicted molar refractivity (Wildman–Crippen MR) is 116 cm³/mol. The van der Waals surface area contributed by atoms with Gasteiger partial charge in [0.25, 0.3) is 5.91 Å². The minimum atomic E-state index is -0.409. The molecule has 1 fully saturated rings. The molecule has 9 heteroatoms. The van der Waals surface area contributed by atoms with Crippen molar-refractivity contribution in [2.75, 3.05) is 13.1 Å². The zero-order valence-electron chi connectivity index (χ0n) is 17.5. The van der Waals surface area contributed by atoms with Crippen molar-refractivity contribution in [1.29, 1.82) is 0 Å². The van der Waals surface area contributed by atoms with Crippen molar-refractivity contribution in [3.8, 4) is 11.4 Å². The van der Waals surface area contributed by atoms with Crippen LogP contribution in [0.1, 0.15) is 48.3 Å². The van der Waals surface area contributed by atoms with Gasteiger partial charge in [0, 0.05) is 31.0 Å². The SMILES string of the molecule is CC(C)C(NC(=O)C1CCCN(C(=O)c2cccs2)C1)c1nc(-c2cccnc2)no1. The molecule has 2 amide bonds. The summed E-state index contributed by atoms with van der Waals surface area (Å²) in [4.78, 5) is 36.8. The highest BCUT2D eigenvalue weighted by Crippen LogP contribution is 2.26. The number of rotatable bonds is 6. The van der Waals surface area contributed by atoms with E-state index >= 15 is 0 Å². The lowest BCUT2D eigenvalue weighted by atomic mass is 9.95. The number of likely N-dealkylation sites (tertiary alicyclic amines) is 1. The highest BCUT2D eigenvalue weighted by atomic mass is 32.1. The molecule has 0 spiro atoms. The Bertz CT molecular complexity index is 1020. The first-order chi connectivity index (χ1) is 15.0. The van der Waals surface area contributed by atoms with Crippen LogP contribution in [0.3, 0.4) is 0 Å². The van der Waals surface area contributed by atoms with Crippen molar-refractivity contribution in [3.05, 3.63) is 52.8 Å². The standard InChI is InChI=1S/C22H25N5O3S/c1-14(2)18(21-25-19(26-30-21)15-6-3-9-23-12-15)24-20(28)16-7-4-10-27(13-16)22(29)17-8-5-11-31-17/h3,5-6,8-9,11-12,14,16,18H,4,7,10,13H2,1-2H3,(H,24,28). The van der Waals surface area contributed by atoms with E-state index in [0.29, 0.717) is 29.7 Å². The van der Waals surface area contributed by atoms with E-state index in [1.165, 1.54) is 11.3 Å². The molecule has 1 saturated heterocycles. The normalized spacial score (nSPS) is 17.5. The first-order valence-corrected chi connectivity index (χ1v) is 11.3. The third-order valence-corrected chi connectivity index (χ3v) is 6.26. The van der Waals surface area contributed by atoms with Gasteiger partial charge in [0.15, 0.2) is 0 Å². The van der Waals surface area contributed by atoms with Gasteiger partial charge in [-0.2, -0.15) is 4.98 Å². The molecule has 0 saturated carbocycles. The maximum absolute atomic E-state index is 13.1. The van der Waals surface area contributed by atoms with Gasteiger partial charge in [-0.1, -0.05) is 25.1 Å². The van der Waals surface area contributed by atoms with Gasteiger partial charge in [-0.05, 0) is 42.3 Å². The molecule has 2 atom stereocenters. The zero-order chi connectivity index (χ0) is 21.8. The van der Waals surface area contributed by atoms with Crippen LogP contribution in [0.25, 0.3) is 11.4 Å². The Morgan fingerprint density at radius 1 is 1.29 bits per heavy atom. The van der Waals surface area contributed by atoms with Crippen LogP contribution in [-0.4, -0.2) is 44.9 Å². The second-order valence-electron chi connectivity index (χ2n) is 8.00. The number of pyridine rings is 1. The number of carbonyl (C=O) groups is 2. The Morgan fingerprint density at radius 3 is 2.87 bits per heavy atom. The summed E-state index contributed by atoms with van der Waals surface area (Å²) >= 11 is 1.42. The number of carbonyl (C=O) groups excluding carboxylic acids is 2. The van der Waals surface area contributed by atoms with Gasteiger partial charge in [0.05, 0.1) is 10.8 Å². The first-order valence-electron chi connectivity index (χ1n) is 10.4. The van der Waals surface area contributed by atoms with Crippen LogP contribution in [0, 0.1) is 11.8 Å². The third kappa shape index (κ3) is 4.82. The van der Waals surface area contributed by atoms with Gasteiger partial charge in [-0.15, -0.1) is 11.3 Å². The molecule has 3 aromatic rings. The third-order valence-electron chi connectivity index (χ3n) is 5.40. The molecule has 3 aromatic heterocycles. The summed E-state index contributed by atoms with van der Waals surface area (Å²) in [6.07, 6.45) is 4.89. The quantitative estimate of drug-likeness (QED) is 0.630. The summed E-state index contributed by atoms with van der Waals surface area (Å²) in [6.45, 7) is 5.07. The molecule has 162 valence electrons. The molecule has 0 radical (unpaired) electrons. The predicted octanol–water partition coefficient (Wildman–Crippen LogP) is 3.56. The monoisotopic (exact) mass is 439 g/mol. The topological polar surface area (TPSA) is 101 Å². The van der Waals surface area contributed by atoms with Gasteiger partial charge in [-0.25, -0.2) is 0 Å². The van der Waals surface area contributed by atoms with Crippen LogP contribution < -0.4 is 5.32 Å².